The first-order chi connectivity index (χ1) is 8.63. The van der Waals surface area contributed by atoms with Gasteiger partial charge in [0.1, 0.15) is 5.75 Å². The second-order valence-electron chi connectivity index (χ2n) is 5.04. The molecule has 3 nitrogen and oxygen atoms in total. The third-order valence-corrected chi connectivity index (χ3v) is 4.94. The van der Waals surface area contributed by atoms with Crippen LogP contribution in [0.4, 0.5) is 0 Å². The van der Waals surface area contributed by atoms with Crippen LogP contribution in [0.2, 0.25) is 0 Å². The summed E-state index contributed by atoms with van der Waals surface area (Å²) in [6.07, 6.45) is 3.98. The van der Waals surface area contributed by atoms with Crippen LogP contribution in [0.1, 0.15) is 23.2 Å². The van der Waals surface area contributed by atoms with Crippen LogP contribution in [0.15, 0.2) is 6.20 Å². The van der Waals surface area contributed by atoms with Crippen LogP contribution in [0.5, 0.6) is 5.75 Å². The van der Waals surface area contributed by atoms with Crippen molar-refractivity contribution in [3.63, 3.8) is 0 Å². The van der Waals surface area contributed by atoms with E-state index in [2.05, 4.69) is 11.9 Å². The molecule has 0 saturated carbocycles. The third kappa shape index (κ3) is 2.81. The number of aryl methyl sites for hydroxylation is 1. The molecular weight excluding hydrogens is 244 g/mol. The van der Waals surface area contributed by atoms with Crippen molar-refractivity contribution in [3.8, 4) is 5.75 Å². The molecule has 1 aliphatic rings. The fraction of sp³-hybridized carbons (Fsp3) is 0.643. The van der Waals surface area contributed by atoms with Crippen molar-refractivity contribution in [2.75, 3.05) is 18.6 Å². The molecule has 1 saturated heterocycles. The summed E-state index contributed by atoms with van der Waals surface area (Å²) in [4.78, 5) is 4.53. The lowest BCUT2D eigenvalue weighted by Crippen LogP contribution is -2.32. The smallest absolute Gasteiger partial charge is 0.128 e. The van der Waals surface area contributed by atoms with Crippen LogP contribution < -0.4 is 10.5 Å². The summed E-state index contributed by atoms with van der Waals surface area (Å²) in [5.74, 6) is 4.04. The van der Waals surface area contributed by atoms with Crippen molar-refractivity contribution in [2.45, 2.75) is 32.7 Å². The van der Waals surface area contributed by atoms with Crippen LogP contribution in [0, 0.1) is 19.8 Å². The van der Waals surface area contributed by atoms with Crippen LogP contribution in [0.3, 0.4) is 0 Å². The normalized spacial score (nSPS) is 21.0. The molecule has 2 heterocycles. The minimum atomic E-state index is 0.221. The fourth-order valence-electron chi connectivity index (χ4n) is 2.56. The first kappa shape index (κ1) is 13.7. The highest BCUT2D eigenvalue weighted by atomic mass is 32.2. The van der Waals surface area contributed by atoms with Crippen molar-refractivity contribution in [1.29, 1.82) is 0 Å². The van der Waals surface area contributed by atoms with E-state index >= 15 is 0 Å². The minimum absolute atomic E-state index is 0.221. The quantitative estimate of drug-likeness (QED) is 0.908. The Hall–Kier alpha value is -0.740. The number of ether oxygens (including phenoxy) is 1. The standard InChI is InChI=1S/C14H22N2OS/c1-9-7-16-13(10(2)14(9)17-3)6-12(15)11-4-5-18-8-11/h7,11-12H,4-6,8,15H2,1-3H3. The van der Waals surface area contributed by atoms with Gasteiger partial charge in [-0.3, -0.25) is 4.98 Å². The number of thioether (sulfide) groups is 1. The van der Waals surface area contributed by atoms with E-state index in [0.29, 0.717) is 5.92 Å². The summed E-state index contributed by atoms with van der Waals surface area (Å²) >= 11 is 2.01. The van der Waals surface area contributed by atoms with Crippen LogP contribution in [-0.2, 0) is 6.42 Å². The maximum Gasteiger partial charge on any atom is 0.128 e. The fourth-order valence-corrected chi connectivity index (χ4v) is 3.91. The Balaban J connectivity index is 2.13. The molecule has 0 aliphatic carbocycles. The molecule has 18 heavy (non-hydrogen) atoms. The van der Waals surface area contributed by atoms with Gasteiger partial charge in [0.15, 0.2) is 0 Å². The monoisotopic (exact) mass is 266 g/mol. The van der Waals surface area contributed by atoms with Crippen molar-refractivity contribution in [1.82, 2.24) is 4.98 Å². The largest absolute Gasteiger partial charge is 0.496 e. The number of methoxy groups -OCH3 is 1. The Bertz CT molecular complexity index is 417. The Labute approximate surface area is 114 Å². The van der Waals surface area contributed by atoms with Gasteiger partial charge in [0.25, 0.3) is 0 Å². The lowest BCUT2D eigenvalue weighted by atomic mass is 9.94. The highest BCUT2D eigenvalue weighted by molar-refractivity contribution is 7.99. The van der Waals surface area contributed by atoms with Gasteiger partial charge in [-0.2, -0.15) is 11.8 Å². The molecule has 2 unspecified atom stereocenters. The second kappa shape index (κ2) is 5.93. The second-order valence-corrected chi connectivity index (χ2v) is 6.19. The van der Waals surface area contributed by atoms with E-state index in [9.17, 15) is 0 Å². The molecule has 1 aliphatic heterocycles. The van der Waals surface area contributed by atoms with Crippen molar-refractivity contribution < 1.29 is 4.74 Å². The molecule has 1 aromatic heterocycles. The van der Waals surface area contributed by atoms with E-state index in [1.54, 1.807) is 7.11 Å². The maximum absolute atomic E-state index is 6.32. The molecule has 1 fully saturated rings. The Morgan fingerprint density at radius 1 is 1.56 bits per heavy atom. The summed E-state index contributed by atoms with van der Waals surface area (Å²) in [5, 5.41) is 0. The summed E-state index contributed by atoms with van der Waals surface area (Å²) in [7, 11) is 1.71. The van der Waals surface area contributed by atoms with Gasteiger partial charge in [0.2, 0.25) is 0 Å². The molecule has 0 aromatic carbocycles. The van der Waals surface area contributed by atoms with E-state index in [-0.39, 0.29) is 6.04 Å². The molecule has 4 heteroatoms. The zero-order chi connectivity index (χ0) is 13.1. The Morgan fingerprint density at radius 3 is 2.94 bits per heavy atom. The molecule has 1 aromatic rings. The molecule has 0 amide bonds. The first-order valence-electron chi connectivity index (χ1n) is 6.46. The number of hydrogen-bond acceptors (Lipinski definition) is 4. The van der Waals surface area contributed by atoms with Gasteiger partial charge >= 0.3 is 0 Å². The predicted molar refractivity (Wildman–Crippen MR) is 77.4 cm³/mol. The van der Waals surface area contributed by atoms with Crippen molar-refractivity contribution in [2.24, 2.45) is 11.7 Å². The number of rotatable bonds is 4. The van der Waals surface area contributed by atoms with Crippen molar-refractivity contribution >= 4 is 11.8 Å². The zero-order valence-corrected chi connectivity index (χ0v) is 12.2. The van der Waals surface area contributed by atoms with Gasteiger partial charge in [0, 0.05) is 35.5 Å². The summed E-state index contributed by atoms with van der Waals surface area (Å²) in [6, 6.07) is 0.221. The molecule has 100 valence electrons. The van der Waals surface area contributed by atoms with Gasteiger partial charge in [-0.05, 0) is 37.7 Å². The Kier molecular flexibility index (Phi) is 4.51. The van der Waals surface area contributed by atoms with Crippen LogP contribution >= 0.6 is 11.8 Å². The van der Waals surface area contributed by atoms with E-state index < -0.39 is 0 Å². The number of aromatic nitrogens is 1. The molecule has 2 rings (SSSR count). The van der Waals surface area contributed by atoms with Gasteiger partial charge in [-0.1, -0.05) is 0 Å². The highest BCUT2D eigenvalue weighted by Gasteiger charge is 2.24. The molecule has 0 radical (unpaired) electrons. The number of hydrogen-bond donors (Lipinski definition) is 1. The lowest BCUT2D eigenvalue weighted by molar-refractivity contribution is 0.405. The Morgan fingerprint density at radius 2 is 2.33 bits per heavy atom. The van der Waals surface area contributed by atoms with E-state index in [1.165, 1.54) is 17.9 Å². The summed E-state index contributed by atoms with van der Waals surface area (Å²) < 4.78 is 5.44. The summed E-state index contributed by atoms with van der Waals surface area (Å²) in [6.45, 7) is 4.10. The maximum atomic E-state index is 6.32. The lowest BCUT2D eigenvalue weighted by Gasteiger charge is -2.20. The molecular formula is C14H22N2OS. The van der Waals surface area contributed by atoms with Crippen LogP contribution in [-0.4, -0.2) is 29.6 Å². The third-order valence-electron chi connectivity index (χ3n) is 3.75. The van der Waals surface area contributed by atoms with Gasteiger partial charge in [-0.15, -0.1) is 0 Å². The first-order valence-corrected chi connectivity index (χ1v) is 7.61. The van der Waals surface area contributed by atoms with Gasteiger partial charge in [-0.25, -0.2) is 0 Å². The molecule has 0 spiro atoms. The SMILES string of the molecule is COc1c(C)cnc(CC(N)C2CCSC2)c1C. The molecule has 2 atom stereocenters. The number of nitrogens with two attached hydrogens (primary N) is 1. The number of pyridine rings is 1. The zero-order valence-electron chi connectivity index (χ0n) is 11.4. The van der Waals surface area contributed by atoms with Gasteiger partial charge < -0.3 is 10.5 Å². The average molecular weight is 266 g/mol. The topological polar surface area (TPSA) is 48.1 Å². The molecule has 2 N–H and O–H groups in total. The van der Waals surface area contributed by atoms with Crippen LogP contribution in [0.25, 0.3) is 0 Å². The van der Waals surface area contributed by atoms with E-state index in [1.807, 2.05) is 24.9 Å². The average Bonchev–Trinajstić information content (AvgIpc) is 2.87. The predicted octanol–water partition coefficient (Wildman–Crippen LogP) is 2.33. The van der Waals surface area contributed by atoms with E-state index in [4.69, 9.17) is 10.5 Å². The van der Waals surface area contributed by atoms with Gasteiger partial charge in [0.05, 0.1) is 7.11 Å². The van der Waals surface area contributed by atoms with Crippen molar-refractivity contribution in [3.05, 3.63) is 23.0 Å². The number of nitrogens with zero attached hydrogens (tertiary/aromatic N) is 1. The summed E-state index contributed by atoms with van der Waals surface area (Å²) in [5.41, 5.74) is 9.62. The van der Waals surface area contributed by atoms with E-state index in [0.717, 1.165) is 29.0 Å². The molecule has 0 bridgehead atoms. The minimum Gasteiger partial charge on any atom is -0.496 e. The highest BCUT2D eigenvalue weighted by Crippen LogP contribution is 2.29.